The number of halogens is 3. The number of aromatic nitrogens is 6. The molecule has 0 spiro atoms. The van der Waals surface area contributed by atoms with Crippen molar-refractivity contribution in [1.82, 2.24) is 34.5 Å². The Morgan fingerprint density at radius 3 is 2.67 bits per heavy atom. The Labute approximate surface area is 246 Å². The summed E-state index contributed by atoms with van der Waals surface area (Å²) in [6.07, 6.45) is 2.58. The molecule has 42 heavy (non-hydrogen) atoms. The van der Waals surface area contributed by atoms with Crippen molar-refractivity contribution >= 4 is 23.2 Å². The summed E-state index contributed by atoms with van der Waals surface area (Å²) >= 11 is 6.39. The monoisotopic (exact) mass is 603 g/mol. The Kier molecular flexibility index (Phi) is 7.84. The lowest BCUT2D eigenvalue weighted by Gasteiger charge is -2.35. The van der Waals surface area contributed by atoms with E-state index in [2.05, 4.69) is 20.4 Å². The number of nitrogens with zero attached hydrogens (tertiary/aromatic N) is 7. The van der Waals surface area contributed by atoms with E-state index in [-0.39, 0.29) is 18.8 Å². The fraction of sp³-hybridized carbons (Fsp3) is 0.464. The van der Waals surface area contributed by atoms with E-state index in [0.29, 0.717) is 46.2 Å². The van der Waals surface area contributed by atoms with E-state index < -0.39 is 35.3 Å². The molecule has 1 unspecified atom stereocenters. The van der Waals surface area contributed by atoms with E-state index >= 15 is 4.39 Å². The van der Waals surface area contributed by atoms with Gasteiger partial charge in [-0.05, 0) is 59.2 Å². The highest BCUT2D eigenvalue weighted by molar-refractivity contribution is 6.34. The van der Waals surface area contributed by atoms with Gasteiger partial charge in [-0.15, -0.1) is 5.10 Å². The molecule has 1 aliphatic heterocycles. The first-order valence-corrected chi connectivity index (χ1v) is 13.8. The Morgan fingerprint density at radius 1 is 1.24 bits per heavy atom. The predicted molar refractivity (Wildman–Crippen MR) is 150 cm³/mol. The Morgan fingerprint density at radius 2 is 2.00 bits per heavy atom. The third-order valence-electron chi connectivity index (χ3n) is 6.99. The molecule has 0 saturated carbocycles. The minimum absolute atomic E-state index is 0.118. The van der Waals surface area contributed by atoms with Crippen molar-refractivity contribution < 1.29 is 28.2 Å². The fourth-order valence-electron chi connectivity index (χ4n) is 4.86. The topological polar surface area (TPSA) is 120 Å². The summed E-state index contributed by atoms with van der Waals surface area (Å²) in [6, 6.07) is 3.66. The van der Waals surface area contributed by atoms with Crippen LogP contribution in [0.2, 0.25) is 5.02 Å². The zero-order chi connectivity index (χ0) is 30.4. The molecule has 1 aliphatic rings. The minimum atomic E-state index is -1.55. The SMILES string of the molecule is Cc1c(-c2cc(OCC(C)(O)c3ccc(F)cn3)c3c(Cl)cnn3c2)nnn1[C@H]1CCN(C(=O)OC(C)(C)C)C[C@@H]1F. The van der Waals surface area contributed by atoms with E-state index in [1.54, 1.807) is 40.0 Å². The first kappa shape index (κ1) is 29.6. The van der Waals surface area contributed by atoms with Crippen molar-refractivity contribution in [3.05, 3.63) is 59.0 Å². The number of rotatable bonds is 6. The maximum atomic E-state index is 15.4. The highest BCUT2D eigenvalue weighted by Crippen LogP contribution is 2.35. The molecule has 4 aromatic heterocycles. The highest BCUT2D eigenvalue weighted by Gasteiger charge is 2.36. The standard InChI is InChI=1S/C28H32ClF2N7O4/c1-16-24(34-35-38(16)21-8-9-36(14-20(21)31)26(39)42-27(2,3)4)17-10-22(25-19(29)12-33-37(25)13-17)41-15-28(5,40)23-7-6-18(30)11-32-23/h6-7,10-13,20-21,40H,8-9,14-15H2,1-5H3/t20-,21-,28?/m0/s1. The lowest BCUT2D eigenvalue weighted by Crippen LogP contribution is -2.47. The van der Waals surface area contributed by atoms with Gasteiger partial charge >= 0.3 is 6.09 Å². The molecule has 5 rings (SSSR count). The van der Waals surface area contributed by atoms with Crippen LogP contribution in [0.4, 0.5) is 13.6 Å². The van der Waals surface area contributed by atoms with Crippen molar-refractivity contribution in [3.8, 4) is 17.0 Å². The van der Waals surface area contributed by atoms with Gasteiger partial charge in [-0.25, -0.2) is 22.8 Å². The molecule has 1 saturated heterocycles. The number of carbonyl (C=O) groups excluding carboxylic acids is 1. The third-order valence-corrected chi connectivity index (χ3v) is 7.27. The average molecular weight is 604 g/mol. The van der Waals surface area contributed by atoms with Crippen LogP contribution in [0.5, 0.6) is 5.75 Å². The number of fused-ring (bicyclic) bond motifs is 1. The summed E-state index contributed by atoms with van der Waals surface area (Å²) in [7, 11) is 0. The Balaban J connectivity index is 1.39. The van der Waals surface area contributed by atoms with Crippen molar-refractivity contribution in [2.45, 2.75) is 64.5 Å². The van der Waals surface area contributed by atoms with E-state index in [1.807, 2.05) is 0 Å². The van der Waals surface area contributed by atoms with Gasteiger partial charge in [0.2, 0.25) is 0 Å². The van der Waals surface area contributed by atoms with Crippen molar-refractivity contribution in [3.63, 3.8) is 0 Å². The lowest BCUT2D eigenvalue weighted by molar-refractivity contribution is 0.00410. The van der Waals surface area contributed by atoms with Crippen LogP contribution >= 0.6 is 11.6 Å². The molecule has 224 valence electrons. The molecule has 0 aromatic carbocycles. The first-order chi connectivity index (χ1) is 19.7. The smallest absolute Gasteiger partial charge is 0.410 e. The summed E-state index contributed by atoms with van der Waals surface area (Å²) in [5.41, 5.74) is 0.132. The van der Waals surface area contributed by atoms with Crippen molar-refractivity contribution in [2.75, 3.05) is 19.7 Å². The van der Waals surface area contributed by atoms with Gasteiger partial charge in [0.1, 0.15) is 46.8 Å². The number of piperidine rings is 1. The molecule has 0 radical (unpaired) electrons. The molecule has 1 fully saturated rings. The molecule has 3 atom stereocenters. The van der Waals surface area contributed by atoms with E-state index in [4.69, 9.17) is 21.1 Å². The zero-order valence-corrected chi connectivity index (χ0v) is 24.6. The Hall–Kier alpha value is -3.84. The number of likely N-dealkylation sites (tertiary alicyclic amines) is 1. The molecule has 14 heteroatoms. The molecule has 1 amide bonds. The van der Waals surface area contributed by atoms with Gasteiger partial charge in [0.05, 0.1) is 41.4 Å². The van der Waals surface area contributed by atoms with Gasteiger partial charge in [0.15, 0.2) is 0 Å². The summed E-state index contributed by atoms with van der Waals surface area (Å²) in [5.74, 6) is -0.215. The number of alkyl halides is 1. The van der Waals surface area contributed by atoms with Crippen LogP contribution in [-0.4, -0.2) is 77.2 Å². The second-order valence-corrected chi connectivity index (χ2v) is 12.0. The molecule has 0 bridgehead atoms. The normalized spacial score (nSPS) is 19.1. The van der Waals surface area contributed by atoms with Crippen LogP contribution in [-0.2, 0) is 10.3 Å². The summed E-state index contributed by atoms with van der Waals surface area (Å²) < 4.78 is 43.2. The van der Waals surface area contributed by atoms with Gasteiger partial charge < -0.3 is 19.5 Å². The van der Waals surface area contributed by atoms with Gasteiger partial charge in [0.25, 0.3) is 0 Å². The number of hydrogen-bond donors (Lipinski definition) is 1. The maximum absolute atomic E-state index is 15.4. The number of carbonyl (C=O) groups is 1. The van der Waals surface area contributed by atoms with Gasteiger partial charge in [-0.3, -0.25) is 4.98 Å². The zero-order valence-electron chi connectivity index (χ0n) is 23.9. The predicted octanol–water partition coefficient (Wildman–Crippen LogP) is 4.90. The van der Waals surface area contributed by atoms with Crippen LogP contribution in [0, 0.1) is 12.7 Å². The number of amides is 1. The average Bonchev–Trinajstić information content (AvgIpc) is 3.48. The molecule has 4 aromatic rings. The van der Waals surface area contributed by atoms with Gasteiger partial charge in [-0.1, -0.05) is 16.8 Å². The summed E-state index contributed by atoms with van der Waals surface area (Å²) in [5, 5.41) is 24.2. The summed E-state index contributed by atoms with van der Waals surface area (Å²) in [4.78, 5) is 17.8. The van der Waals surface area contributed by atoms with Crippen LogP contribution in [0.1, 0.15) is 51.5 Å². The molecular weight excluding hydrogens is 572 g/mol. The number of ether oxygens (including phenoxy) is 2. The van der Waals surface area contributed by atoms with Crippen molar-refractivity contribution in [1.29, 1.82) is 0 Å². The maximum Gasteiger partial charge on any atom is 0.410 e. The molecule has 1 N–H and O–H groups in total. The number of hydrogen-bond acceptors (Lipinski definition) is 8. The van der Waals surface area contributed by atoms with Crippen molar-refractivity contribution in [2.24, 2.45) is 0 Å². The molecule has 0 aliphatic carbocycles. The van der Waals surface area contributed by atoms with E-state index in [9.17, 15) is 14.3 Å². The van der Waals surface area contributed by atoms with Crippen LogP contribution in [0.3, 0.4) is 0 Å². The number of aliphatic hydroxyl groups is 1. The second kappa shape index (κ2) is 11.1. The van der Waals surface area contributed by atoms with Gasteiger partial charge in [-0.2, -0.15) is 5.10 Å². The fourth-order valence-corrected chi connectivity index (χ4v) is 5.08. The lowest BCUT2D eigenvalue weighted by atomic mass is 10.0. The largest absolute Gasteiger partial charge is 0.488 e. The third kappa shape index (κ3) is 6.02. The number of pyridine rings is 2. The van der Waals surface area contributed by atoms with Crippen LogP contribution in [0.25, 0.3) is 16.8 Å². The Bertz CT molecular complexity index is 1600. The molecular formula is C28H32ClF2N7O4. The van der Waals surface area contributed by atoms with E-state index in [1.165, 1.54) is 39.4 Å². The van der Waals surface area contributed by atoms with Crippen LogP contribution in [0.15, 0.2) is 36.8 Å². The quantitative estimate of drug-likeness (QED) is 0.331. The van der Waals surface area contributed by atoms with Crippen LogP contribution < -0.4 is 4.74 Å². The highest BCUT2D eigenvalue weighted by atomic mass is 35.5. The van der Waals surface area contributed by atoms with Gasteiger partial charge in [0, 0.05) is 18.3 Å². The van der Waals surface area contributed by atoms with E-state index in [0.717, 1.165) is 6.20 Å². The molecule has 5 heterocycles. The minimum Gasteiger partial charge on any atom is -0.488 e. The first-order valence-electron chi connectivity index (χ1n) is 13.4. The summed E-state index contributed by atoms with van der Waals surface area (Å²) in [6.45, 7) is 8.55. The second-order valence-electron chi connectivity index (χ2n) is 11.6. The molecule has 11 nitrogen and oxygen atoms in total.